The SMILES string of the molecule is CC[C@H](NC(=O)c1nnn(-c2cccc(Cl)c2)c1C)C1CCOCC1. The Balaban J connectivity index is 1.76. The fourth-order valence-corrected chi connectivity index (χ4v) is 3.48. The number of hydrogen-bond acceptors (Lipinski definition) is 4. The molecule has 1 fully saturated rings. The minimum atomic E-state index is -0.177. The molecular weight excluding hydrogens is 340 g/mol. The number of nitrogens with one attached hydrogen (secondary N) is 1. The van der Waals surface area contributed by atoms with Gasteiger partial charge in [-0.15, -0.1) is 5.10 Å². The Morgan fingerprint density at radius 1 is 1.44 bits per heavy atom. The summed E-state index contributed by atoms with van der Waals surface area (Å²) in [5, 5.41) is 12.0. The molecule has 1 aliphatic rings. The number of carbonyl (C=O) groups is 1. The molecule has 0 radical (unpaired) electrons. The summed E-state index contributed by atoms with van der Waals surface area (Å²) in [5.74, 6) is 0.273. The van der Waals surface area contributed by atoms with Crippen LogP contribution >= 0.6 is 11.6 Å². The predicted molar refractivity (Wildman–Crippen MR) is 96.2 cm³/mol. The highest BCUT2D eigenvalue weighted by Crippen LogP contribution is 2.22. The molecule has 0 saturated carbocycles. The number of aromatic nitrogens is 3. The van der Waals surface area contributed by atoms with E-state index in [1.807, 2.05) is 19.1 Å². The Labute approximate surface area is 152 Å². The molecule has 3 rings (SSSR count). The number of benzene rings is 1. The van der Waals surface area contributed by atoms with Crippen LogP contribution in [-0.4, -0.2) is 40.2 Å². The second kappa shape index (κ2) is 7.97. The molecule has 1 aliphatic heterocycles. The van der Waals surface area contributed by atoms with E-state index < -0.39 is 0 Å². The molecule has 0 aliphatic carbocycles. The van der Waals surface area contributed by atoms with E-state index in [1.54, 1.807) is 16.8 Å². The molecule has 2 aromatic rings. The maximum absolute atomic E-state index is 12.7. The molecule has 1 atom stereocenters. The Kier molecular flexibility index (Phi) is 5.71. The fraction of sp³-hybridized carbons (Fsp3) is 0.500. The molecule has 1 aromatic heterocycles. The van der Waals surface area contributed by atoms with Crippen molar-refractivity contribution >= 4 is 17.5 Å². The zero-order valence-corrected chi connectivity index (χ0v) is 15.3. The molecule has 1 aromatic carbocycles. The van der Waals surface area contributed by atoms with Crippen LogP contribution in [0.25, 0.3) is 5.69 Å². The lowest BCUT2D eigenvalue weighted by Gasteiger charge is -2.30. The lowest BCUT2D eigenvalue weighted by atomic mass is 9.90. The Morgan fingerprint density at radius 3 is 2.88 bits per heavy atom. The van der Waals surface area contributed by atoms with E-state index in [9.17, 15) is 4.79 Å². The molecule has 1 N–H and O–H groups in total. The zero-order chi connectivity index (χ0) is 17.8. The summed E-state index contributed by atoms with van der Waals surface area (Å²) in [4.78, 5) is 12.7. The molecule has 2 heterocycles. The van der Waals surface area contributed by atoms with E-state index in [0.29, 0.717) is 22.3 Å². The number of carbonyl (C=O) groups excluding carboxylic acids is 1. The normalized spacial score (nSPS) is 16.6. The maximum atomic E-state index is 12.7. The first-order chi connectivity index (χ1) is 12.1. The molecule has 0 spiro atoms. The number of amides is 1. The maximum Gasteiger partial charge on any atom is 0.273 e. The molecule has 1 amide bonds. The van der Waals surface area contributed by atoms with Crippen LogP contribution in [0.15, 0.2) is 24.3 Å². The highest BCUT2D eigenvalue weighted by molar-refractivity contribution is 6.30. The van der Waals surface area contributed by atoms with Crippen molar-refractivity contribution in [1.82, 2.24) is 20.3 Å². The first kappa shape index (κ1) is 17.9. The molecule has 6 nitrogen and oxygen atoms in total. The van der Waals surface area contributed by atoms with Gasteiger partial charge in [0.05, 0.1) is 11.4 Å². The van der Waals surface area contributed by atoms with E-state index in [4.69, 9.17) is 16.3 Å². The van der Waals surface area contributed by atoms with Crippen molar-refractivity contribution in [2.45, 2.75) is 39.2 Å². The fourth-order valence-electron chi connectivity index (χ4n) is 3.30. The van der Waals surface area contributed by atoms with Gasteiger partial charge in [0.1, 0.15) is 0 Å². The molecule has 0 bridgehead atoms. The van der Waals surface area contributed by atoms with Crippen LogP contribution in [0.3, 0.4) is 0 Å². The smallest absolute Gasteiger partial charge is 0.273 e. The van der Waals surface area contributed by atoms with Gasteiger partial charge >= 0.3 is 0 Å². The molecular formula is C18H23ClN4O2. The largest absolute Gasteiger partial charge is 0.381 e. The Bertz CT molecular complexity index is 740. The lowest BCUT2D eigenvalue weighted by Crippen LogP contribution is -2.42. The van der Waals surface area contributed by atoms with E-state index in [2.05, 4.69) is 22.6 Å². The van der Waals surface area contributed by atoms with Gasteiger partial charge in [-0.05, 0) is 50.3 Å². The van der Waals surface area contributed by atoms with Gasteiger partial charge in [-0.1, -0.05) is 29.8 Å². The summed E-state index contributed by atoms with van der Waals surface area (Å²) in [6, 6.07) is 7.45. The first-order valence-corrected chi connectivity index (χ1v) is 9.04. The van der Waals surface area contributed by atoms with Gasteiger partial charge in [-0.3, -0.25) is 4.79 Å². The molecule has 134 valence electrons. The average molecular weight is 363 g/mol. The summed E-state index contributed by atoms with van der Waals surface area (Å²) in [5.41, 5.74) is 1.83. The second-order valence-electron chi connectivity index (χ2n) is 6.35. The number of rotatable bonds is 5. The number of hydrogen-bond donors (Lipinski definition) is 1. The Hall–Kier alpha value is -1.92. The van der Waals surface area contributed by atoms with Crippen LogP contribution in [0.4, 0.5) is 0 Å². The minimum Gasteiger partial charge on any atom is -0.381 e. The van der Waals surface area contributed by atoms with Gasteiger partial charge in [0.15, 0.2) is 5.69 Å². The summed E-state index contributed by atoms with van der Waals surface area (Å²) >= 11 is 6.04. The molecule has 0 unspecified atom stereocenters. The van der Waals surface area contributed by atoms with Crippen LogP contribution in [0.2, 0.25) is 5.02 Å². The lowest BCUT2D eigenvalue weighted by molar-refractivity contribution is 0.0510. The van der Waals surface area contributed by atoms with Crippen LogP contribution in [0, 0.1) is 12.8 Å². The number of halogens is 1. The second-order valence-corrected chi connectivity index (χ2v) is 6.79. The third-order valence-corrected chi connectivity index (χ3v) is 4.99. The van der Waals surface area contributed by atoms with Gasteiger partial charge < -0.3 is 10.1 Å². The van der Waals surface area contributed by atoms with Gasteiger partial charge in [-0.25, -0.2) is 4.68 Å². The highest BCUT2D eigenvalue weighted by Gasteiger charge is 2.26. The van der Waals surface area contributed by atoms with Crippen molar-refractivity contribution < 1.29 is 9.53 Å². The van der Waals surface area contributed by atoms with Crippen molar-refractivity contribution in [1.29, 1.82) is 0 Å². The van der Waals surface area contributed by atoms with Gasteiger partial charge in [0, 0.05) is 24.3 Å². The summed E-state index contributed by atoms with van der Waals surface area (Å²) in [7, 11) is 0. The van der Waals surface area contributed by atoms with Gasteiger partial charge in [-0.2, -0.15) is 0 Å². The predicted octanol–water partition coefficient (Wildman–Crippen LogP) is 3.16. The average Bonchev–Trinajstić information content (AvgIpc) is 3.02. The van der Waals surface area contributed by atoms with E-state index in [1.165, 1.54) is 0 Å². The zero-order valence-electron chi connectivity index (χ0n) is 14.5. The third kappa shape index (κ3) is 4.02. The van der Waals surface area contributed by atoms with Gasteiger partial charge in [0.2, 0.25) is 0 Å². The van der Waals surface area contributed by atoms with Crippen LogP contribution in [0.1, 0.15) is 42.4 Å². The van der Waals surface area contributed by atoms with Crippen molar-refractivity contribution in [3.8, 4) is 5.69 Å². The van der Waals surface area contributed by atoms with Crippen LogP contribution in [-0.2, 0) is 4.74 Å². The molecule has 1 saturated heterocycles. The van der Waals surface area contributed by atoms with Crippen molar-refractivity contribution in [2.24, 2.45) is 5.92 Å². The number of nitrogens with zero attached hydrogens (tertiary/aromatic N) is 3. The van der Waals surface area contributed by atoms with Crippen molar-refractivity contribution in [2.75, 3.05) is 13.2 Å². The van der Waals surface area contributed by atoms with Crippen LogP contribution < -0.4 is 5.32 Å². The quantitative estimate of drug-likeness (QED) is 0.887. The number of ether oxygens (including phenoxy) is 1. The standard InChI is InChI=1S/C18H23ClN4O2/c1-3-16(13-7-9-25-10-8-13)20-18(24)17-12(2)23(22-21-17)15-6-4-5-14(19)11-15/h4-6,11,13,16H,3,7-10H2,1-2H3,(H,20,24)/t16-/m0/s1. The van der Waals surface area contributed by atoms with Crippen molar-refractivity contribution in [3.05, 3.63) is 40.7 Å². The Morgan fingerprint density at radius 2 is 2.20 bits per heavy atom. The minimum absolute atomic E-state index is 0.132. The van der Waals surface area contributed by atoms with Crippen molar-refractivity contribution in [3.63, 3.8) is 0 Å². The summed E-state index contributed by atoms with van der Waals surface area (Å²) in [6.45, 7) is 5.46. The summed E-state index contributed by atoms with van der Waals surface area (Å²) < 4.78 is 7.05. The molecule has 25 heavy (non-hydrogen) atoms. The first-order valence-electron chi connectivity index (χ1n) is 8.67. The highest BCUT2D eigenvalue weighted by atomic mass is 35.5. The van der Waals surface area contributed by atoms with E-state index >= 15 is 0 Å². The van der Waals surface area contributed by atoms with E-state index in [0.717, 1.165) is 38.2 Å². The van der Waals surface area contributed by atoms with Gasteiger partial charge in [0.25, 0.3) is 5.91 Å². The van der Waals surface area contributed by atoms with E-state index in [-0.39, 0.29) is 11.9 Å². The molecule has 7 heteroatoms. The van der Waals surface area contributed by atoms with Crippen LogP contribution in [0.5, 0.6) is 0 Å². The topological polar surface area (TPSA) is 69.0 Å². The summed E-state index contributed by atoms with van der Waals surface area (Å²) in [6.07, 6.45) is 2.85. The third-order valence-electron chi connectivity index (χ3n) is 4.75. The monoisotopic (exact) mass is 362 g/mol.